The van der Waals surface area contributed by atoms with E-state index in [1.807, 2.05) is 0 Å². The molecule has 0 bridgehead atoms. The fourth-order valence-corrected chi connectivity index (χ4v) is 2.41. The summed E-state index contributed by atoms with van der Waals surface area (Å²) in [5.74, 6) is 0. The molecule has 1 unspecified atom stereocenters. The van der Waals surface area contributed by atoms with E-state index in [1.54, 1.807) is 0 Å². The zero-order valence-corrected chi connectivity index (χ0v) is 13.9. The summed E-state index contributed by atoms with van der Waals surface area (Å²) in [4.78, 5) is 3.54. The third-order valence-electron chi connectivity index (χ3n) is 3.72. The maximum atomic E-state index is 13.4. The van der Waals surface area contributed by atoms with E-state index in [4.69, 9.17) is 5.73 Å². The van der Waals surface area contributed by atoms with E-state index in [2.05, 4.69) is 10.3 Å². The molecule has 0 aliphatic rings. The predicted molar refractivity (Wildman–Crippen MR) is 86.6 cm³/mol. The Morgan fingerprint density at radius 2 is 1.59 bits per heavy atom. The first-order valence-corrected chi connectivity index (χ1v) is 7.88. The number of nitrogens with one attached hydrogen (secondary N) is 1. The van der Waals surface area contributed by atoms with Crippen molar-refractivity contribution in [1.82, 2.24) is 10.3 Å². The summed E-state index contributed by atoms with van der Waals surface area (Å²) in [5, 5.41) is 12.7. The quantitative estimate of drug-likeness (QED) is 0.520. The van der Waals surface area contributed by atoms with Crippen LogP contribution in [0, 0.1) is 0 Å². The van der Waals surface area contributed by atoms with Crippen LogP contribution in [0.1, 0.15) is 22.9 Å². The van der Waals surface area contributed by atoms with Gasteiger partial charge in [-0.15, -0.1) is 0 Å². The summed E-state index contributed by atoms with van der Waals surface area (Å²) in [6.07, 6.45) is -10.9. The minimum Gasteiger partial charge on any atom is -0.387 e. The molecule has 10 heteroatoms. The Hall–Kier alpha value is -2.17. The summed E-state index contributed by atoms with van der Waals surface area (Å²) >= 11 is 0. The van der Waals surface area contributed by atoms with Crippen LogP contribution in [0.4, 0.5) is 26.3 Å². The van der Waals surface area contributed by atoms with Gasteiger partial charge in [-0.1, -0.05) is 18.2 Å². The first kappa shape index (κ1) is 21.1. The molecule has 0 saturated carbocycles. The highest BCUT2D eigenvalue weighted by Crippen LogP contribution is 2.35. The van der Waals surface area contributed by atoms with Gasteiger partial charge < -0.3 is 16.2 Å². The Bertz CT molecular complexity index is 759. The third kappa shape index (κ3) is 5.41. The van der Waals surface area contributed by atoms with E-state index < -0.39 is 35.3 Å². The van der Waals surface area contributed by atoms with Crippen LogP contribution in [0.15, 0.2) is 36.4 Å². The molecule has 4 nitrogen and oxygen atoms in total. The van der Waals surface area contributed by atoms with Crippen LogP contribution < -0.4 is 11.1 Å². The van der Waals surface area contributed by atoms with Crippen LogP contribution in [0.25, 0.3) is 11.3 Å². The molecule has 0 fully saturated rings. The lowest BCUT2D eigenvalue weighted by Crippen LogP contribution is -2.28. The number of nitrogens with zero attached hydrogens (tertiary/aromatic N) is 1. The second-order valence-electron chi connectivity index (χ2n) is 5.72. The molecule has 1 atom stereocenters. The van der Waals surface area contributed by atoms with Crippen molar-refractivity contribution in [1.29, 1.82) is 0 Å². The zero-order valence-electron chi connectivity index (χ0n) is 13.9. The highest BCUT2D eigenvalue weighted by molar-refractivity contribution is 5.60. The van der Waals surface area contributed by atoms with E-state index in [9.17, 15) is 31.4 Å². The lowest BCUT2D eigenvalue weighted by Gasteiger charge is -2.18. The smallest absolute Gasteiger partial charge is 0.387 e. The number of hydrogen-bond donors (Lipinski definition) is 3. The van der Waals surface area contributed by atoms with Crippen LogP contribution in [-0.2, 0) is 12.4 Å². The molecule has 0 radical (unpaired) electrons. The van der Waals surface area contributed by atoms with Crippen molar-refractivity contribution < 1.29 is 31.4 Å². The van der Waals surface area contributed by atoms with Gasteiger partial charge in [-0.05, 0) is 18.2 Å². The average molecular weight is 393 g/mol. The van der Waals surface area contributed by atoms with Crippen LogP contribution in [0.3, 0.4) is 0 Å². The molecule has 0 amide bonds. The predicted octanol–water partition coefficient (Wildman–Crippen LogP) is 3.37. The van der Waals surface area contributed by atoms with E-state index >= 15 is 0 Å². The topological polar surface area (TPSA) is 71.2 Å². The number of benzene rings is 1. The average Bonchev–Trinajstić information content (AvgIpc) is 2.60. The molecule has 0 saturated heterocycles. The van der Waals surface area contributed by atoms with Gasteiger partial charge in [0.05, 0.1) is 17.4 Å². The number of aliphatic hydroxyl groups is 1. The fourth-order valence-electron chi connectivity index (χ4n) is 2.41. The second-order valence-corrected chi connectivity index (χ2v) is 5.72. The highest BCUT2D eigenvalue weighted by atomic mass is 19.4. The van der Waals surface area contributed by atoms with Gasteiger partial charge in [-0.25, -0.2) is 4.98 Å². The maximum absolute atomic E-state index is 13.4. The minimum atomic E-state index is -4.84. The molecule has 4 N–H and O–H groups in total. The molecular weight excluding hydrogens is 376 g/mol. The third-order valence-corrected chi connectivity index (χ3v) is 3.72. The van der Waals surface area contributed by atoms with Crippen molar-refractivity contribution in [2.24, 2.45) is 5.73 Å². The van der Waals surface area contributed by atoms with Crippen molar-refractivity contribution in [3.8, 4) is 11.3 Å². The van der Waals surface area contributed by atoms with Gasteiger partial charge in [0.15, 0.2) is 5.69 Å². The van der Waals surface area contributed by atoms with Crippen molar-refractivity contribution in [2.45, 2.75) is 18.5 Å². The normalized spacial score (nSPS) is 13.6. The van der Waals surface area contributed by atoms with Crippen molar-refractivity contribution in [2.75, 3.05) is 19.6 Å². The second kappa shape index (κ2) is 8.24. The standard InChI is InChI=1S/C17H17F6N3O/c18-16(19,20)11-3-1-10(2-4-11)13-6-5-12(14(27)9-25-8-7-24)15(26-13)17(21,22)23/h1-6,14,25,27H,7-9,24H2. The highest BCUT2D eigenvalue weighted by Gasteiger charge is 2.37. The zero-order chi connectivity index (χ0) is 20.2. The largest absolute Gasteiger partial charge is 0.433 e. The molecule has 0 spiro atoms. The first-order chi connectivity index (χ1) is 12.5. The molecule has 1 aromatic carbocycles. The van der Waals surface area contributed by atoms with E-state index in [0.29, 0.717) is 6.54 Å². The van der Waals surface area contributed by atoms with Gasteiger partial charge in [-0.3, -0.25) is 0 Å². The summed E-state index contributed by atoms with van der Waals surface area (Å²) in [7, 11) is 0. The lowest BCUT2D eigenvalue weighted by molar-refractivity contribution is -0.142. The van der Waals surface area contributed by atoms with E-state index in [-0.39, 0.29) is 24.3 Å². The van der Waals surface area contributed by atoms with Crippen molar-refractivity contribution in [3.05, 3.63) is 53.2 Å². The van der Waals surface area contributed by atoms with Gasteiger partial charge in [0.1, 0.15) is 0 Å². The van der Waals surface area contributed by atoms with Gasteiger partial charge in [-0.2, -0.15) is 26.3 Å². The van der Waals surface area contributed by atoms with Crippen molar-refractivity contribution >= 4 is 0 Å². The number of alkyl halides is 6. The van der Waals surface area contributed by atoms with Crippen LogP contribution in [-0.4, -0.2) is 29.7 Å². The minimum absolute atomic E-state index is 0.0933. The Morgan fingerprint density at radius 3 is 2.11 bits per heavy atom. The molecule has 0 aliphatic carbocycles. The molecule has 1 heterocycles. The molecule has 1 aromatic heterocycles. The first-order valence-electron chi connectivity index (χ1n) is 7.88. The number of pyridine rings is 1. The van der Waals surface area contributed by atoms with Crippen LogP contribution in [0.2, 0.25) is 0 Å². The van der Waals surface area contributed by atoms with Crippen molar-refractivity contribution in [3.63, 3.8) is 0 Å². The molecule has 27 heavy (non-hydrogen) atoms. The van der Waals surface area contributed by atoms with Gasteiger partial charge in [0, 0.05) is 30.8 Å². The Balaban J connectivity index is 2.37. The number of hydrogen-bond acceptors (Lipinski definition) is 4. The number of aliphatic hydroxyl groups excluding tert-OH is 1. The van der Waals surface area contributed by atoms with Gasteiger partial charge in [0.2, 0.25) is 0 Å². The summed E-state index contributed by atoms with van der Waals surface area (Å²) < 4.78 is 77.9. The molecule has 2 rings (SSSR count). The number of aromatic nitrogens is 1. The molecular formula is C17H17F6N3O. The number of halogens is 6. The summed E-state index contributed by atoms with van der Waals surface area (Å²) in [6.45, 7) is 0.418. The molecule has 2 aromatic rings. The number of nitrogens with two attached hydrogens (primary N) is 1. The van der Waals surface area contributed by atoms with E-state index in [1.165, 1.54) is 6.07 Å². The number of rotatable bonds is 6. The Labute approximate surface area is 151 Å². The monoisotopic (exact) mass is 393 g/mol. The summed E-state index contributed by atoms with van der Waals surface area (Å²) in [6, 6.07) is 5.92. The summed E-state index contributed by atoms with van der Waals surface area (Å²) in [5.41, 5.74) is 2.58. The Kier molecular flexibility index (Phi) is 6.45. The van der Waals surface area contributed by atoms with Crippen LogP contribution >= 0.6 is 0 Å². The molecule has 0 aliphatic heterocycles. The lowest BCUT2D eigenvalue weighted by atomic mass is 10.0. The fraction of sp³-hybridized carbons (Fsp3) is 0.353. The molecule has 148 valence electrons. The van der Waals surface area contributed by atoms with Gasteiger partial charge >= 0.3 is 12.4 Å². The van der Waals surface area contributed by atoms with E-state index in [0.717, 1.165) is 30.3 Å². The van der Waals surface area contributed by atoms with Crippen LogP contribution in [0.5, 0.6) is 0 Å². The van der Waals surface area contributed by atoms with Gasteiger partial charge in [0.25, 0.3) is 0 Å². The maximum Gasteiger partial charge on any atom is 0.433 e. The SMILES string of the molecule is NCCNCC(O)c1ccc(-c2ccc(C(F)(F)F)cc2)nc1C(F)(F)F. The Morgan fingerprint density at radius 1 is 0.963 bits per heavy atom.